The third-order valence-corrected chi connectivity index (χ3v) is 5.38. The van der Waals surface area contributed by atoms with Gasteiger partial charge in [-0.3, -0.25) is 4.79 Å². The lowest BCUT2D eigenvalue weighted by atomic mass is 10.1. The molecule has 0 saturated heterocycles. The Morgan fingerprint density at radius 2 is 1.92 bits per heavy atom. The molecule has 2 rings (SSSR count). The van der Waals surface area contributed by atoms with Crippen LogP contribution in [-0.2, 0) is 16.1 Å². The van der Waals surface area contributed by atoms with Crippen LogP contribution in [0.4, 0.5) is 0 Å². The molecule has 0 bridgehead atoms. The average molecular weight is 393 g/mol. The zero-order valence-electron chi connectivity index (χ0n) is 15.5. The molecule has 0 unspecified atom stereocenters. The number of carbonyl (C=O) groups is 2. The van der Waals surface area contributed by atoms with E-state index in [4.69, 9.17) is 4.74 Å². The molecule has 0 radical (unpaired) electrons. The van der Waals surface area contributed by atoms with Gasteiger partial charge in [0.25, 0.3) is 0 Å². The predicted molar refractivity (Wildman–Crippen MR) is 106 cm³/mol. The third kappa shape index (κ3) is 5.85. The summed E-state index contributed by atoms with van der Waals surface area (Å²) in [7, 11) is 0. The molecule has 2 aromatic rings. The van der Waals surface area contributed by atoms with Gasteiger partial charge in [-0.15, -0.1) is 23.1 Å². The van der Waals surface area contributed by atoms with Gasteiger partial charge in [-0.25, -0.2) is 9.78 Å². The van der Waals surface area contributed by atoms with Crippen molar-refractivity contribution in [2.75, 3.05) is 12.4 Å². The van der Waals surface area contributed by atoms with E-state index in [1.54, 1.807) is 17.2 Å². The van der Waals surface area contributed by atoms with Crippen LogP contribution in [-0.4, -0.2) is 39.7 Å². The van der Waals surface area contributed by atoms with E-state index in [9.17, 15) is 9.59 Å². The Hall–Kier alpha value is -1.86. The van der Waals surface area contributed by atoms with E-state index >= 15 is 0 Å². The maximum Gasteiger partial charge on any atom is 0.357 e. The molecule has 1 aromatic heterocycles. The first-order valence-electron chi connectivity index (χ1n) is 8.41. The van der Waals surface area contributed by atoms with E-state index in [0.29, 0.717) is 24.6 Å². The smallest absolute Gasteiger partial charge is 0.357 e. The number of ether oxygens (including phenoxy) is 1. The maximum absolute atomic E-state index is 12.8. The summed E-state index contributed by atoms with van der Waals surface area (Å²) >= 11 is 2.89. The number of benzene rings is 1. The lowest BCUT2D eigenvalue weighted by Crippen LogP contribution is -2.45. The van der Waals surface area contributed by atoms with Gasteiger partial charge in [0.1, 0.15) is 5.01 Å². The predicted octanol–water partition coefficient (Wildman–Crippen LogP) is 4.24. The number of nitrogens with zero attached hydrogens (tertiary/aromatic N) is 2. The van der Waals surface area contributed by atoms with Crippen LogP contribution in [0.5, 0.6) is 0 Å². The fourth-order valence-corrected chi connectivity index (χ4v) is 3.80. The van der Waals surface area contributed by atoms with Crippen molar-refractivity contribution in [3.05, 3.63) is 46.4 Å². The average Bonchev–Trinajstić information content (AvgIpc) is 3.07. The molecule has 0 aliphatic rings. The van der Waals surface area contributed by atoms with Crippen molar-refractivity contribution >= 4 is 35.0 Å². The number of hydrogen-bond donors (Lipinski definition) is 0. The van der Waals surface area contributed by atoms with Gasteiger partial charge in [0.2, 0.25) is 5.91 Å². The molecule has 0 aliphatic carbocycles. The van der Waals surface area contributed by atoms with Crippen LogP contribution < -0.4 is 0 Å². The van der Waals surface area contributed by atoms with Gasteiger partial charge in [-0.2, -0.15) is 0 Å². The van der Waals surface area contributed by atoms with Crippen LogP contribution in [0.2, 0.25) is 0 Å². The summed E-state index contributed by atoms with van der Waals surface area (Å²) in [5.74, 6) is -0.0280. The topological polar surface area (TPSA) is 59.5 Å². The van der Waals surface area contributed by atoms with Gasteiger partial charge in [-0.05, 0) is 39.8 Å². The highest BCUT2D eigenvalue weighted by molar-refractivity contribution is 8.00. The van der Waals surface area contributed by atoms with Crippen LogP contribution in [0.25, 0.3) is 0 Å². The van der Waals surface area contributed by atoms with E-state index in [2.05, 4.69) is 4.98 Å². The Kier molecular flexibility index (Phi) is 7.23. The minimum atomic E-state index is -0.428. The van der Waals surface area contributed by atoms with Crippen LogP contribution in [0.15, 0.2) is 40.6 Å². The number of rotatable bonds is 7. The summed E-state index contributed by atoms with van der Waals surface area (Å²) in [5.41, 5.74) is -0.0452. The fourth-order valence-electron chi connectivity index (χ4n) is 2.26. The Morgan fingerprint density at radius 3 is 2.54 bits per heavy atom. The van der Waals surface area contributed by atoms with Crippen molar-refractivity contribution in [3.8, 4) is 0 Å². The molecule has 1 aromatic carbocycles. The van der Waals surface area contributed by atoms with Crippen molar-refractivity contribution in [2.45, 2.75) is 44.7 Å². The number of thiazole rings is 1. The number of hydrogen-bond acceptors (Lipinski definition) is 6. The molecule has 0 atom stereocenters. The second kappa shape index (κ2) is 9.19. The molecule has 7 heteroatoms. The molecule has 26 heavy (non-hydrogen) atoms. The maximum atomic E-state index is 12.8. The molecule has 0 N–H and O–H groups in total. The zero-order chi connectivity index (χ0) is 19.2. The van der Waals surface area contributed by atoms with Crippen molar-refractivity contribution in [2.24, 2.45) is 0 Å². The van der Waals surface area contributed by atoms with Gasteiger partial charge in [-0.1, -0.05) is 18.2 Å². The first-order chi connectivity index (χ1) is 12.3. The van der Waals surface area contributed by atoms with E-state index in [0.717, 1.165) is 9.90 Å². The van der Waals surface area contributed by atoms with Crippen molar-refractivity contribution in [3.63, 3.8) is 0 Å². The van der Waals surface area contributed by atoms with Crippen LogP contribution >= 0.6 is 23.1 Å². The van der Waals surface area contributed by atoms with Crippen molar-refractivity contribution < 1.29 is 14.3 Å². The quantitative estimate of drug-likeness (QED) is 0.521. The second-order valence-electron chi connectivity index (χ2n) is 6.60. The van der Waals surface area contributed by atoms with E-state index in [1.165, 1.54) is 23.1 Å². The Bertz CT molecular complexity index is 739. The van der Waals surface area contributed by atoms with Crippen LogP contribution in [0.3, 0.4) is 0 Å². The Balaban J connectivity index is 2.05. The third-order valence-electron chi connectivity index (χ3n) is 3.55. The summed E-state index contributed by atoms with van der Waals surface area (Å²) < 4.78 is 4.97. The summed E-state index contributed by atoms with van der Waals surface area (Å²) in [5, 5.41) is 2.40. The number of esters is 1. The molecule has 1 heterocycles. The van der Waals surface area contributed by atoms with Crippen molar-refractivity contribution in [1.29, 1.82) is 0 Å². The summed E-state index contributed by atoms with van der Waals surface area (Å²) in [4.78, 5) is 31.8. The minimum absolute atomic E-state index is 0.0410. The van der Waals surface area contributed by atoms with Gasteiger partial charge in [0.15, 0.2) is 5.69 Å². The highest BCUT2D eigenvalue weighted by Gasteiger charge is 2.27. The largest absolute Gasteiger partial charge is 0.461 e. The van der Waals surface area contributed by atoms with Crippen molar-refractivity contribution in [1.82, 2.24) is 9.88 Å². The first-order valence-corrected chi connectivity index (χ1v) is 10.3. The Morgan fingerprint density at radius 1 is 1.23 bits per heavy atom. The number of aromatic nitrogens is 1. The molecule has 0 spiro atoms. The molecule has 140 valence electrons. The van der Waals surface area contributed by atoms with Gasteiger partial charge in [0, 0.05) is 15.8 Å². The number of amides is 1. The first kappa shape index (κ1) is 20.5. The molecule has 0 saturated carbocycles. The summed E-state index contributed by atoms with van der Waals surface area (Å²) in [6.07, 6.45) is 0. The number of thioether (sulfide) groups is 1. The lowest BCUT2D eigenvalue weighted by Gasteiger charge is -2.35. The van der Waals surface area contributed by atoms with E-state index < -0.39 is 5.97 Å². The lowest BCUT2D eigenvalue weighted by molar-refractivity contribution is -0.133. The van der Waals surface area contributed by atoms with Crippen LogP contribution in [0.1, 0.15) is 43.2 Å². The molecule has 0 fully saturated rings. The van der Waals surface area contributed by atoms with Gasteiger partial charge >= 0.3 is 5.97 Å². The number of carbonyl (C=O) groups excluding carboxylic acids is 2. The van der Waals surface area contributed by atoms with E-state index in [-0.39, 0.29) is 11.4 Å². The Labute approximate surface area is 162 Å². The zero-order valence-corrected chi connectivity index (χ0v) is 17.2. The highest BCUT2D eigenvalue weighted by Crippen LogP contribution is 2.24. The minimum Gasteiger partial charge on any atom is -0.461 e. The van der Waals surface area contributed by atoms with Gasteiger partial charge in [0.05, 0.1) is 18.9 Å². The SMILES string of the molecule is CCOC(=O)c1csc(CN(C(=O)CSc2ccccc2)C(C)(C)C)n1. The molecule has 5 nitrogen and oxygen atoms in total. The van der Waals surface area contributed by atoms with Crippen LogP contribution in [0, 0.1) is 0 Å². The molecule has 0 aliphatic heterocycles. The summed E-state index contributed by atoms with van der Waals surface area (Å²) in [6.45, 7) is 8.44. The second-order valence-corrected chi connectivity index (χ2v) is 8.59. The highest BCUT2D eigenvalue weighted by atomic mass is 32.2. The molecular formula is C19H24N2O3S2. The summed E-state index contributed by atoms with van der Waals surface area (Å²) in [6, 6.07) is 9.86. The normalized spacial score (nSPS) is 11.2. The van der Waals surface area contributed by atoms with E-state index in [1.807, 2.05) is 51.1 Å². The molecular weight excluding hydrogens is 368 g/mol. The monoisotopic (exact) mass is 392 g/mol. The fraction of sp³-hybridized carbons (Fsp3) is 0.421. The van der Waals surface area contributed by atoms with Gasteiger partial charge < -0.3 is 9.64 Å². The standard InChI is InChI=1S/C19H24N2O3S2/c1-5-24-18(23)15-12-26-16(20-15)11-21(19(2,3)4)17(22)13-25-14-9-7-6-8-10-14/h6-10,12H,5,11,13H2,1-4H3. The molecule has 1 amide bonds.